The van der Waals surface area contributed by atoms with E-state index in [1.165, 1.54) is 21.5 Å². The minimum Gasteiger partial charge on any atom is -0.341 e. The predicted octanol–water partition coefficient (Wildman–Crippen LogP) is 3.82. The van der Waals surface area contributed by atoms with Gasteiger partial charge in [0.15, 0.2) is 0 Å². The number of nitrogens with zero attached hydrogens (tertiary/aromatic N) is 2. The zero-order valence-corrected chi connectivity index (χ0v) is 13.4. The molecule has 3 rings (SSSR count). The van der Waals surface area contributed by atoms with E-state index < -0.39 is 0 Å². The molecular formula is C17H21N3S. The average molecular weight is 299 g/mol. The highest BCUT2D eigenvalue weighted by Crippen LogP contribution is 2.22. The van der Waals surface area contributed by atoms with Gasteiger partial charge in [-0.1, -0.05) is 26.0 Å². The summed E-state index contributed by atoms with van der Waals surface area (Å²) < 4.78 is 2.29. The maximum atomic E-state index is 4.67. The number of hydrogen-bond acceptors (Lipinski definition) is 3. The zero-order chi connectivity index (χ0) is 14.7. The van der Waals surface area contributed by atoms with Gasteiger partial charge in [-0.25, -0.2) is 4.98 Å². The first-order valence-electron chi connectivity index (χ1n) is 7.52. The van der Waals surface area contributed by atoms with Crippen molar-refractivity contribution in [3.8, 4) is 0 Å². The molecule has 1 N–H and O–H groups in total. The van der Waals surface area contributed by atoms with E-state index in [-0.39, 0.29) is 0 Å². The molecule has 2 aromatic heterocycles. The van der Waals surface area contributed by atoms with Crippen molar-refractivity contribution in [2.24, 2.45) is 0 Å². The van der Waals surface area contributed by atoms with Crippen LogP contribution in [-0.4, -0.2) is 16.1 Å². The third-order valence-corrected chi connectivity index (χ3v) is 4.75. The summed E-state index contributed by atoms with van der Waals surface area (Å²) in [4.78, 5) is 4.67. The molecule has 0 saturated carbocycles. The minimum atomic E-state index is 0.852. The Bertz CT molecular complexity index is 727. The van der Waals surface area contributed by atoms with Crippen molar-refractivity contribution in [1.29, 1.82) is 0 Å². The number of hydrogen-bond donors (Lipinski definition) is 1. The van der Waals surface area contributed by atoms with Crippen LogP contribution in [0.2, 0.25) is 0 Å². The van der Waals surface area contributed by atoms with Gasteiger partial charge in [0.05, 0.1) is 17.2 Å². The summed E-state index contributed by atoms with van der Waals surface area (Å²) >= 11 is 1.76. The molecule has 0 aliphatic rings. The molecule has 0 atom stereocenters. The molecule has 3 nitrogen and oxygen atoms in total. The van der Waals surface area contributed by atoms with Crippen molar-refractivity contribution < 1.29 is 0 Å². The molecule has 110 valence electrons. The topological polar surface area (TPSA) is 29.9 Å². The Morgan fingerprint density at radius 2 is 2.14 bits per heavy atom. The number of aromatic nitrogens is 2. The Morgan fingerprint density at radius 1 is 1.24 bits per heavy atom. The van der Waals surface area contributed by atoms with E-state index in [1.807, 2.05) is 0 Å². The Kier molecular flexibility index (Phi) is 4.36. The van der Waals surface area contributed by atoms with Gasteiger partial charge >= 0.3 is 0 Å². The number of thiazole rings is 1. The van der Waals surface area contributed by atoms with Gasteiger partial charge in [0, 0.05) is 29.0 Å². The van der Waals surface area contributed by atoms with E-state index in [4.69, 9.17) is 0 Å². The number of fused-ring (bicyclic) bond motifs is 1. The number of rotatable bonds is 6. The molecule has 2 heterocycles. The lowest BCUT2D eigenvalue weighted by Crippen LogP contribution is -2.11. The smallest absolute Gasteiger partial charge is 0.0926 e. The van der Waals surface area contributed by atoms with Crippen molar-refractivity contribution >= 4 is 22.2 Å². The van der Waals surface area contributed by atoms with Gasteiger partial charge in [-0.3, -0.25) is 0 Å². The van der Waals surface area contributed by atoms with Gasteiger partial charge in [-0.05, 0) is 30.7 Å². The zero-order valence-electron chi connectivity index (χ0n) is 12.6. The second kappa shape index (κ2) is 6.41. The molecule has 0 saturated heterocycles. The van der Waals surface area contributed by atoms with Crippen molar-refractivity contribution in [3.05, 3.63) is 52.1 Å². The Labute approximate surface area is 129 Å². The molecule has 0 aliphatic carbocycles. The summed E-state index contributed by atoms with van der Waals surface area (Å²) in [7, 11) is 0. The largest absolute Gasteiger partial charge is 0.341 e. The average Bonchev–Trinajstić information content (AvgIpc) is 3.13. The number of aryl methyl sites for hydroxylation is 1. The highest BCUT2D eigenvalue weighted by molar-refractivity contribution is 7.09. The highest BCUT2D eigenvalue weighted by Gasteiger charge is 2.07. The minimum absolute atomic E-state index is 0.852. The Morgan fingerprint density at radius 3 is 2.90 bits per heavy atom. The maximum absolute atomic E-state index is 4.67. The van der Waals surface area contributed by atoms with Crippen LogP contribution in [0.25, 0.3) is 10.9 Å². The summed E-state index contributed by atoms with van der Waals surface area (Å²) in [5, 5.41) is 8.13. The van der Waals surface area contributed by atoms with E-state index >= 15 is 0 Å². The fraction of sp³-hybridized carbons (Fsp3) is 0.353. The molecule has 21 heavy (non-hydrogen) atoms. The lowest BCUT2D eigenvalue weighted by atomic mass is 10.1. The van der Waals surface area contributed by atoms with Gasteiger partial charge in [-0.2, -0.15) is 0 Å². The van der Waals surface area contributed by atoms with Crippen LogP contribution in [0.3, 0.4) is 0 Å². The normalized spacial score (nSPS) is 11.3. The molecule has 4 heteroatoms. The summed E-state index contributed by atoms with van der Waals surface area (Å²) in [5.41, 5.74) is 3.81. The first-order chi connectivity index (χ1) is 10.3. The van der Waals surface area contributed by atoms with Gasteiger partial charge < -0.3 is 9.88 Å². The fourth-order valence-electron chi connectivity index (χ4n) is 2.60. The quantitative estimate of drug-likeness (QED) is 0.750. The lowest BCUT2D eigenvalue weighted by Gasteiger charge is -2.06. The summed E-state index contributed by atoms with van der Waals surface area (Å²) in [6, 6.07) is 8.75. The van der Waals surface area contributed by atoms with Crippen LogP contribution in [0.1, 0.15) is 30.1 Å². The van der Waals surface area contributed by atoms with Crippen LogP contribution in [0.15, 0.2) is 35.8 Å². The molecule has 0 amide bonds. The Hall–Kier alpha value is -1.65. The number of nitrogens with one attached hydrogen (secondary N) is 1. The molecule has 0 bridgehead atoms. The molecule has 1 aromatic carbocycles. The summed E-state index contributed by atoms with van der Waals surface area (Å²) in [6.07, 6.45) is 3.19. The molecule has 3 aromatic rings. The molecule has 0 fully saturated rings. The van der Waals surface area contributed by atoms with E-state index in [2.05, 4.69) is 64.6 Å². The van der Waals surface area contributed by atoms with E-state index in [9.17, 15) is 0 Å². The van der Waals surface area contributed by atoms with Gasteiger partial charge in [-0.15, -0.1) is 11.3 Å². The SMILES string of the molecule is CCNCc1cccc2c1ccn2Cc1csc(CC)n1. The third kappa shape index (κ3) is 3.01. The van der Waals surface area contributed by atoms with Crippen LogP contribution in [-0.2, 0) is 19.5 Å². The summed E-state index contributed by atoms with van der Waals surface area (Å²) in [5.74, 6) is 0. The van der Waals surface area contributed by atoms with Gasteiger partial charge in [0.2, 0.25) is 0 Å². The first-order valence-corrected chi connectivity index (χ1v) is 8.40. The molecule has 0 unspecified atom stereocenters. The van der Waals surface area contributed by atoms with E-state index in [0.29, 0.717) is 0 Å². The summed E-state index contributed by atoms with van der Waals surface area (Å²) in [6.45, 7) is 7.06. The number of benzene rings is 1. The second-order valence-corrected chi connectivity index (χ2v) is 6.10. The van der Waals surface area contributed by atoms with Gasteiger partial charge in [0.25, 0.3) is 0 Å². The predicted molar refractivity (Wildman–Crippen MR) is 89.9 cm³/mol. The van der Waals surface area contributed by atoms with Crippen LogP contribution in [0, 0.1) is 0 Å². The third-order valence-electron chi connectivity index (χ3n) is 3.70. The second-order valence-electron chi connectivity index (χ2n) is 5.16. The molecule has 0 radical (unpaired) electrons. The van der Waals surface area contributed by atoms with Crippen LogP contribution >= 0.6 is 11.3 Å². The van der Waals surface area contributed by atoms with Gasteiger partial charge in [0.1, 0.15) is 0 Å². The maximum Gasteiger partial charge on any atom is 0.0926 e. The van der Waals surface area contributed by atoms with Crippen molar-refractivity contribution in [3.63, 3.8) is 0 Å². The fourth-order valence-corrected chi connectivity index (χ4v) is 3.33. The molecular weight excluding hydrogens is 278 g/mol. The van der Waals surface area contributed by atoms with E-state index in [1.54, 1.807) is 11.3 Å². The van der Waals surface area contributed by atoms with Crippen molar-refractivity contribution in [2.45, 2.75) is 33.4 Å². The van der Waals surface area contributed by atoms with Crippen LogP contribution in [0.4, 0.5) is 0 Å². The first kappa shape index (κ1) is 14.3. The Balaban J connectivity index is 1.89. The van der Waals surface area contributed by atoms with Crippen molar-refractivity contribution in [2.75, 3.05) is 6.54 Å². The standard InChI is InChI=1S/C17H21N3S/c1-3-17-19-14(12-21-17)11-20-9-8-15-13(10-18-4-2)6-5-7-16(15)20/h5-9,12,18H,3-4,10-11H2,1-2H3. The van der Waals surface area contributed by atoms with Crippen LogP contribution < -0.4 is 5.32 Å². The van der Waals surface area contributed by atoms with Crippen LogP contribution in [0.5, 0.6) is 0 Å². The highest BCUT2D eigenvalue weighted by atomic mass is 32.1. The monoisotopic (exact) mass is 299 g/mol. The van der Waals surface area contributed by atoms with Crippen molar-refractivity contribution in [1.82, 2.24) is 14.9 Å². The van der Waals surface area contributed by atoms with E-state index in [0.717, 1.165) is 31.7 Å². The molecule has 0 spiro atoms. The molecule has 0 aliphatic heterocycles. The lowest BCUT2D eigenvalue weighted by molar-refractivity contribution is 0.730.